The average molecular weight is 539 g/mol. The molecule has 2 N–H and O–H groups in total. The summed E-state index contributed by atoms with van der Waals surface area (Å²) in [5.41, 5.74) is 1.13. The van der Waals surface area contributed by atoms with Crippen LogP contribution in [-0.2, 0) is 22.3 Å². The Morgan fingerprint density at radius 1 is 0.757 bits per heavy atom. The zero-order valence-electron chi connectivity index (χ0n) is 20.1. The Labute approximate surface area is 222 Å². The van der Waals surface area contributed by atoms with Gasteiger partial charge in [-0.15, -0.1) is 20.4 Å². The van der Waals surface area contributed by atoms with Gasteiger partial charge in [0.05, 0.1) is 25.9 Å². The van der Waals surface area contributed by atoms with Crippen molar-refractivity contribution in [1.82, 2.24) is 20.4 Å². The normalized spacial score (nSPS) is 11.7. The van der Waals surface area contributed by atoms with E-state index in [9.17, 15) is 9.59 Å². The Morgan fingerprint density at radius 3 is 1.76 bits per heavy atom. The van der Waals surface area contributed by atoms with Crippen LogP contribution in [0, 0.1) is 0 Å². The van der Waals surface area contributed by atoms with Gasteiger partial charge in [0.15, 0.2) is 0 Å². The molecule has 4 aromatic rings. The van der Waals surface area contributed by atoms with Crippen LogP contribution in [0.3, 0.4) is 0 Å². The topological polar surface area (TPSA) is 128 Å². The Morgan fingerprint density at radius 2 is 1.24 bits per heavy atom. The van der Waals surface area contributed by atoms with Crippen LogP contribution in [0.4, 0.5) is 10.3 Å². The van der Waals surface area contributed by atoms with Crippen molar-refractivity contribution < 1.29 is 19.1 Å². The second kappa shape index (κ2) is 13.7. The van der Waals surface area contributed by atoms with Gasteiger partial charge in [0, 0.05) is 24.0 Å². The highest BCUT2D eigenvalue weighted by Crippen LogP contribution is 2.18. The summed E-state index contributed by atoms with van der Waals surface area (Å²) >= 11 is 2.65. The van der Waals surface area contributed by atoms with E-state index in [1.54, 1.807) is 24.3 Å². The van der Waals surface area contributed by atoms with Gasteiger partial charge >= 0.3 is 0 Å². The number of nitrogens with one attached hydrogen (secondary N) is 2. The highest BCUT2D eigenvalue weighted by atomic mass is 32.1. The zero-order chi connectivity index (χ0) is 25.9. The molecule has 0 aliphatic carbocycles. The zero-order valence-corrected chi connectivity index (χ0v) is 21.8. The maximum atomic E-state index is 12.2. The molecule has 37 heavy (non-hydrogen) atoms. The number of nitrogens with zero attached hydrogens (tertiary/aromatic N) is 4. The van der Waals surface area contributed by atoms with E-state index < -0.39 is 0 Å². The lowest BCUT2D eigenvalue weighted by Crippen LogP contribution is -2.18. The van der Waals surface area contributed by atoms with Gasteiger partial charge in [0.25, 0.3) is 11.8 Å². The maximum Gasteiger partial charge on any atom is 0.257 e. The summed E-state index contributed by atoms with van der Waals surface area (Å²) in [6, 6.07) is 17.9. The first-order valence-corrected chi connectivity index (χ1v) is 13.3. The Bertz CT molecular complexity index is 1280. The summed E-state index contributed by atoms with van der Waals surface area (Å²) in [7, 11) is 0. The van der Waals surface area contributed by atoms with E-state index in [1.807, 2.05) is 43.3 Å². The largest absolute Gasteiger partial charge is 0.378 e. The molecule has 12 heteroatoms. The summed E-state index contributed by atoms with van der Waals surface area (Å²) in [6.07, 6.45) is 1.08. The molecule has 4 rings (SSSR count). The van der Waals surface area contributed by atoms with Crippen molar-refractivity contribution in [3.8, 4) is 0 Å². The first-order chi connectivity index (χ1) is 18.1. The van der Waals surface area contributed by atoms with Crippen LogP contribution >= 0.6 is 22.7 Å². The number of amides is 2. The van der Waals surface area contributed by atoms with Crippen molar-refractivity contribution in [3.05, 3.63) is 81.8 Å². The molecule has 0 spiro atoms. The first kappa shape index (κ1) is 26.5. The van der Waals surface area contributed by atoms with E-state index in [4.69, 9.17) is 9.47 Å². The Balaban J connectivity index is 1.09. The third-order valence-corrected chi connectivity index (χ3v) is 6.77. The molecule has 0 saturated heterocycles. The average Bonchev–Trinajstić information content (AvgIpc) is 3.56. The molecule has 2 aromatic heterocycles. The molecule has 0 aliphatic heterocycles. The summed E-state index contributed by atoms with van der Waals surface area (Å²) in [5, 5.41) is 24.3. The fourth-order valence-electron chi connectivity index (χ4n) is 3.13. The number of carbonyl (C=O) groups is 2. The molecular weight excluding hydrogens is 512 g/mol. The summed E-state index contributed by atoms with van der Waals surface area (Å²) < 4.78 is 11.5. The van der Waals surface area contributed by atoms with E-state index in [1.165, 1.54) is 22.7 Å². The molecule has 192 valence electrons. The van der Waals surface area contributed by atoms with E-state index in [0.717, 1.165) is 10.0 Å². The molecule has 0 bridgehead atoms. The number of hydrogen-bond donors (Lipinski definition) is 2. The van der Waals surface area contributed by atoms with Gasteiger partial charge in [-0.25, -0.2) is 0 Å². The Hall–Kier alpha value is -3.58. The quantitative estimate of drug-likeness (QED) is 0.244. The summed E-state index contributed by atoms with van der Waals surface area (Å²) in [5.74, 6) is -0.431. The number of benzene rings is 2. The third kappa shape index (κ3) is 8.50. The smallest absolute Gasteiger partial charge is 0.257 e. The van der Waals surface area contributed by atoms with Crippen LogP contribution in [-0.4, -0.2) is 58.1 Å². The van der Waals surface area contributed by atoms with Gasteiger partial charge in [-0.1, -0.05) is 59.1 Å². The molecule has 0 unspecified atom stereocenters. The summed E-state index contributed by atoms with van der Waals surface area (Å²) in [4.78, 5) is 24.4. The molecule has 0 aliphatic rings. The van der Waals surface area contributed by atoms with Gasteiger partial charge in [-0.05, 0) is 31.2 Å². The van der Waals surface area contributed by atoms with Crippen molar-refractivity contribution >= 4 is 44.8 Å². The van der Waals surface area contributed by atoms with Gasteiger partial charge in [0.1, 0.15) is 10.0 Å². The minimum Gasteiger partial charge on any atom is -0.378 e. The van der Waals surface area contributed by atoms with Gasteiger partial charge in [-0.3, -0.25) is 20.2 Å². The lowest BCUT2D eigenvalue weighted by atomic mass is 10.2. The number of carbonyl (C=O) groups excluding carboxylic acids is 2. The molecular formula is C25H26N6O4S2. The second-order valence-electron chi connectivity index (χ2n) is 7.90. The van der Waals surface area contributed by atoms with Gasteiger partial charge in [-0.2, -0.15) is 0 Å². The monoisotopic (exact) mass is 538 g/mol. The van der Waals surface area contributed by atoms with E-state index in [-0.39, 0.29) is 17.9 Å². The predicted molar refractivity (Wildman–Crippen MR) is 142 cm³/mol. The van der Waals surface area contributed by atoms with Crippen LogP contribution in [0.2, 0.25) is 0 Å². The highest BCUT2D eigenvalue weighted by Gasteiger charge is 2.12. The fraction of sp³-hybridized carbons (Fsp3) is 0.280. The lowest BCUT2D eigenvalue weighted by Gasteiger charge is -2.12. The minimum absolute atomic E-state index is 0.0969. The molecule has 2 aromatic carbocycles. The number of hydrogen-bond acceptors (Lipinski definition) is 10. The number of aromatic nitrogens is 4. The summed E-state index contributed by atoms with van der Waals surface area (Å²) in [6.45, 7) is 3.31. The van der Waals surface area contributed by atoms with E-state index >= 15 is 0 Å². The first-order valence-electron chi connectivity index (χ1n) is 11.6. The van der Waals surface area contributed by atoms with Crippen molar-refractivity contribution in [1.29, 1.82) is 0 Å². The van der Waals surface area contributed by atoms with Gasteiger partial charge in [0.2, 0.25) is 10.3 Å². The number of ether oxygens (including phenoxy) is 2. The predicted octanol–water partition coefficient (Wildman–Crippen LogP) is 4.10. The van der Waals surface area contributed by atoms with E-state index in [2.05, 4.69) is 31.0 Å². The van der Waals surface area contributed by atoms with Gasteiger partial charge < -0.3 is 9.47 Å². The van der Waals surface area contributed by atoms with Crippen LogP contribution in [0.15, 0.2) is 60.7 Å². The van der Waals surface area contributed by atoms with Crippen LogP contribution in [0.1, 0.15) is 37.7 Å². The van der Waals surface area contributed by atoms with Crippen LogP contribution in [0.5, 0.6) is 0 Å². The van der Waals surface area contributed by atoms with Crippen molar-refractivity contribution in [2.75, 3.05) is 30.5 Å². The molecule has 2 amide bonds. The van der Waals surface area contributed by atoms with E-state index in [0.29, 0.717) is 54.1 Å². The molecule has 1 atom stereocenters. The Kier molecular flexibility index (Phi) is 9.77. The molecule has 0 fully saturated rings. The molecule has 0 saturated carbocycles. The molecule has 10 nitrogen and oxygen atoms in total. The maximum absolute atomic E-state index is 12.2. The minimum atomic E-state index is -0.216. The number of rotatable bonds is 13. The van der Waals surface area contributed by atoms with Crippen LogP contribution < -0.4 is 10.6 Å². The van der Waals surface area contributed by atoms with Crippen molar-refractivity contribution in [2.24, 2.45) is 0 Å². The lowest BCUT2D eigenvalue weighted by molar-refractivity contribution is -0.00472. The highest BCUT2D eigenvalue weighted by molar-refractivity contribution is 7.15. The van der Waals surface area contributed by atoms with Crippen LogP contribution in [0.25, 0.3) is 0 Å². The van der Waals surface area contributed by atoms with Crippen molar-refractivity contribution in [3.63, 3.8) is 0 Å². The molecule has 2 heterocycles. The third-order valence-electron chi connectivity index (χ3n) is 4.98. The van der Waals surface area contributed by atoms with Crippen molar-refractivity contribution in [2.45, 2.75) is 25.9 Å². The SMILES string of the molecule is C[C@@H](COCCc1nnc(NC(=O)c2ccccc2)s1)OCCc1nnc(NC(=O)c2ccccc2)s1. The standard InChI is InChI=1S/C25H26N6O4S2/c1-17(35-15-13-21-29-31-25(37-21)27-23(33)19-10-6-3-7-11-19)16-34-14-12-20-28-30-24(36-20)26-22(32)18-8-4-2-5-9-18/h2-11,17H,12-16H2,1H3,(H,26,30,32)(H,27,31,33)/t17-/m0/s1. The number of anilines is 2. The second-order valence-corrected chi connectivity index (χ2v) is 10.0. The molecule has 0 radical (unpaired) electrons. The fourth-order valence-corrected chi connectivity index (χ4v) is 4.56.